The van der Waals surface area contributed by atoms with Crippen LogP contribution in [0, 0.1) is 6.92 Å². The van der Waals surface area contributed by atoms with E-state index < -0.39 is 28.5 Å². The van der Waals surface area contributed by atoms with Crippen LogP contribution < -0.4 is 14.4 Å². The van der Waals surface area contributed by atoms with Gasteiger partial charge in [0.2, 0.25) is 21.8 Å². The highest BCUT2D eigenvalue weighted by Crippen LogP contribution is 2.24. The number of aryl methyl sites for hydroxylation is 1. The molecule has 0 saturated heterocycles. The number of methoxy groups -OCH3 is 1. The maximum Gasteiger partial charge on any atom is 0.244 e. The van der Waals surface area contributed by atoms with Gasteiger partial charge in [0.25, 0.3) is 0 Å². The van der Waals surface area contributed by atoms with Crippen molar-refractivity contribution in [1.82, 2.24) is 10.2 Å². The number of anilines is 1. The molecule has 2 rings (SSSR count). The molecule has 0 aliphatic carbocycles. The van der Waals surface area contributed by atoms with Gasteiger partial charge < -0.3 is 15.0 Å². The number of ether oxygens (including phenoxy) is 1. The van der Waals surface area contributed by atoms with Crippen molar-refractivity contribution in [1.29, 1.82) is 0 Å². The minimum absolute atomic E-state index is 0.0443. The molecule has 35 heavy (non-hydrogen) atoms. The zero-order valence-corrected chi connectivity index (χ0v) is 22.3. The zero-order chi connectivity index (χ0) is 26.2. The molecule has 0 radical (unpaired) electrons. The van der Waals surface area contributed by atoms with Gasteiger partial charge in [0.1, 0.15) is 18.3 Å². The van der Waals surface area contributed by atoms with E-state index in [-0.39, 0.29) is 18.5 Å². The topological polar surface area (TPSA) is 96.0 Å². The normalized spacial score (nSPS) is 13.0. The number of hydrogen-bond acceptors (Lipinski definition) is 5. The first-order chi connectivity index (χ1) is 16.5. The highest BCUT2D eigenvalue weighted by molar-refractivity contribution is 7.92. The third-order valence-electron chi connectivity index (χ3n) is 5.88. The van der Waals surface area contributed by atoms with Gasteiger partial charge in [-0.1, -0.05) is 49.7 Å². The summed E-state index contributed by atoms with van der Waals surface area (Å²) in [5.74, 6) is -0.251. The molecule has 0 saturated carbocycles. The summed E-state index contributed by atoms with van der Waals surface area (Å²) >= 11 is 0. The Bertz CT molecular complexity index is 1100. The number of carbonyl (C=O) groups excluding carboxylic acids is 2. The monoisotopic (exact) mass is 503 g/mol. The van der Waals surface area contributed by atoms with E-state index in [1.165, 1.54) is 12.0 Å². The second kappa shape index (κ2) is 12.6. The molecule has 0 bridgehead atoms. The lowest BCUT2D eigenvalue weighted by molar-refractivity contribution is -0.140. The number of rotatable bonds is 12. The lowest BCUT2D eigenvalue weighted by atomic mass is 10.1. The highest BCUT2D eigenvalue weighted by atomic mass is 32.2. The van der Waals surface area contributed by atoms with Crippen LogP contribution in [0.3, 0.4) is 0 Å². The van der Waals surface area contributed by atoms with Gasteiger partial charge in [-0.05, 0) is 44.4 Å². The fraction of sp³-hybridized carbons (Fsp3) is 0.462. The quantitative estimate of drug-likeness (QED) is 0.478. The Morgan fingerprint density at radius 3 is 2.26 bits per heavy atom. The average Bonchev–Trinajstić information content (AvgIpc) is 2.82. The average molecular weight is 504 g/mol. The molecule has 2 atom stereocenters. The maximum absolute atomic E-state index is 13.7. The summed E-state index contributed by atoms with van der Waals surface area (Å²) in [6, 6.07) is 13.4. The third-order valence-corrected chi connectivity index (χ3v) is 7.02. The number of nitrogens with zero attached hydrogens (tertiary/aromatic N) is 2. The standard InChI is InChI=1S/C26H37N3O5S/c1-7-20(4)27-26(31)24(8-2)28(17-21-14-12-19(3)13-15-21)25(30)18-29(35(6,32)33)22-10-9-11-23(16-22)34-5/h9-16,20,24H,7-8,17-18H2,1-6H3,(H,27,31)/t20-,24+/m1/s1. The van der Waals surface area contributed by atoms with Crippen molar-refractivity contribution in [3.8, 4) is 5.75 Å². The van der Waals surface area contributed by atoms with Gasteiger partial charge in [0, 0.05) is 18.7 Å². The van der Waals surface area contributed by atoms with E-state index in [1.54, 1.807) is 24.3 Å². The van der Waals surface area contributed by atoms with Crippen LogP contribution in [-0.2, 0) is 26.2 Å². The summed E-state index contributed by atoms with van der Waals surface area (Å²) in [7, 11) is -2.31. The van der Waals surface area contributed by atoms with Crippen LogP contribution >= 0.6 is 0 Å². The van der Waals surface area contributed by atoms with Gasteiger partial charge >= 0.3 is 0 Å². The second-order valence-electron chi connectivity index (χ2n) is 8.72. The van der Waals surface area contributed by atoms with Crippen molar-refractivity contribution in [3.63, 3.8) is 0 Å². The number of sulfonamides is 1. The Kier molecular flexibility index (Phi) is 10.1. The Morgan fingerprint density at radius 2 is 1.71 bits per heavy atom. The van der Waals surface area contributed by atoms with Crippen LogP contribution in [-0.4, -0.2) is 57.1 Å². The first kappa shape index (κ1) is 28.2. The fourth-order valence-electron chi connectivity index (χ4n) is 3.63. The minimum Gasteiger partial charge on any atom is -0.497 e. The SMILES string of the molecule is CC[C@@H](C)NC(=O)[C@H](CC)N(Cc1ccc(C)cc1)C(=O)CN(c1cccc(OC)c1)S(C)(=O)=O. The molecule has 9 heteroatoms. The smallest absolute Gasteiger partial charge is 0.244 e. The zero-order valence-electron chi connectivity index (χ0n) is 21.4. The molecule has 0 fully saturated rings. The number of carbonyl (C=O) groups is 2. The molecule has 2 aromatic carbocycles. The van der Waals surface area contributed by atoms with E-state index in [0.717, 1.165) is 28.1 Å². The van der Waals surface area contributed by atoms with E-state index in [4.69, 9.17) is 4.74 Å². The molecule has 0 aliphatic rings. The third kappa shape index (κ3) is 7.99. The van der Waals surface area contributed by atoms with Gasteiger partial charge in [0.15, 0.2) is 0 Å². The Balaban J connectivity index is 2.44. The largest absolute Gasteiger partial charge is 0.497 e. The number of hydrogen-bond donors (Lipinski definition) is 1. The summed E-state index contributed by atoms with van der Waals surface area (Å²) in [5.41, 5.74) is 2.24. The molecule has 0 heterocycles. The molecule has 2 aromatic rings. The lowest BCUT2D eigenvalue weighted by Gasteiger charge is -2.33. The number of amides is 2. The predicted molar refractivity (Wildman–Crippen MR) is 139 cm³/mol. The summed E-state index contributed by atoms with van der Waals surface area (Å²) < 4.78 is 31.6. The molecule has 1 N–H and O–H groups in total. The van der Waals surface area contributed by atoms with E-state index in [1.807, 2.05) is 52.0 Å². The molecule has 0 aromatic heterocycles. The molecular weight excluding hydrogens is 466 g/mol. The van der Waals surface area contributed by atoms with Crippen molar-refractivity contribution in [2.45, 2.75) is 59.2 Å². The van der Waals surface area contributed by atoms with E-state index in [0.29, 0.717) is 17.9 Å². The molecule has 2 amide bonds. The number of benzene rings is 2. The minimum atomic E-state index is -3.80. The first-order valence-electron chi connectivity index (χ1n) is 11.8. The van der Waals surface area contributed by atoms with Crippen LogP contribution in [0.5, 0.6) is 5.75 Å². The second-order valence-corrected chi connectivity index (χ2v) is 10.6. The molecule has 0 aliphatic heterocycles. The van der Waals surface area contributed by atoms with Crippen molar-refractivity contribution in [2.75, 3.05) is 24.2 Å². The summed E-state index contributed by atoms with van der Waals surface area (Å²) in [5, 5.41) is 2.96. The summed E-state index contributed by atoms with van der Waals surface area (Å²) in [4.78, 5) is 28.3. The van der Waals surface area contributed by atoms with E-state index in [2.05, 4.69) is 5.32 Å². The lowest BCUT2D eigenvalue weighted by Crippen LogP contribution is -2.53. The summed E-state index contributed by atoms with van der Waals surface area (Å²) in [6.45, 7) is 7.43. The van der Waals surface area contributed by atoms with Crippen molar-refractivity contribution in [2.24, 2.45) is 0 Å². The number of nitrogens with one attached hydrogen (secondary N) is 1. The molecule has 0 unspecified atom stereocenters. The Labute approximate surface area is 209 Å². The molecular formula is C26H37N3O5S. The molecule has 8 nitrogen and oxygen atoms in total. The first-order valence-corrected chi connectivity index (χ1v) is 13.6. The van der Waals surface area contributed by atoms with Crippen LogP contribution in [0.25, 0.3) is 0 Å². The van der Waals surface area contributed by atoms with Gasteiger partial charge in [-0.15, -0.1) is 0 Å². The van der Waals surface area contributed by atoms with Crippen LogP contribution in [0.2, 0.25) is 0 Å². The van der Waals surface area contributed by atoms with Gasteiger partial charge in [-0.3, -0.25) is 13.9 Å². The maximum atomic E-state index is 13.7. The Hall–Kier alpha value is -3.07. The van der Waals surface area contributed by atoms with Gasteiger partial charge in [0.05, 0.1) is 19.1 Å². The predicted octanol–water partition coefficient (Wildman–Crippen LogP) is 3.49. The fourth-order valence-corrected chi connectivity index (χ4v) is 4.47. The van der Waals surface area contributed by atoms with E-state index in [9.17, 15) is 18.0 Å². The highest BCUT2D eigenvalue weighted by Gasteiger charge is 2.32. The van der Waals surface area contributed by atoms with Crippen LogP contribution in [0.1, 0.15) is 44.7 Å². The van der Waals surface area contributed by atoms with Gasteiger partial charge in [-0.25, -0.2) is 8.42 Å². The van der Waals surface area contributed by atoms with Crippen molar-refractivity contribution >= 4 is 27.5 Å². The molecule has 192 valence electrons. The van der Waals surface area contributed by atoms with Crippen LogP contribution in [0.4, 0.5) is 5.69 Å². The molecule has 0 spiro atoms. The van der Waals surface area contributed by atoms with Gasteiger partial charge in [-0.2, -0.15) is 0 Å². The van der Waals surface area contributed by atoms with Crippen molar-refractivity contribution in [3.05, 3.63) is 59.7 Å². The van der Waals surface area contributed by atoms with Crippen molar-refractivity contribution < 1.29 is 22.7 Å². The summed E-state index contributed by atoms with van der Waals surface area (Å²) in [6.07, 6.45) is 2.20. The Morgan fingerprint density at radius 1 is 1.06 bits per heavy atom. The van der Waals surface area contributed by atoms with Crippen LogP contribution in [0.15, 0.2) is 48.5 Å². The van der Waals surface area contributed by atoms with E-state index >= 15 is 0 Å².